The molecule has 26 heteroatoms. The smallest absolute Gasteiger partial charge is 0.509 e. The van der Waals surface area contributed by atoms with Gasteiger partial charge in [0.05, 0.1) is 55.3 Å². The number of hydrogen-bond acceptors (Lipinski definition) is 20. The highest BCUT2D eigenvalue weighted by Crippen LogP contribution is 2.66. The number of piperidine rings is 3. The first-order chi connectivity index (χ1) is 38.1. The van der Waals surface area contributed by atoms with Gasteiger partial charge >= 0.3 is 20.8 Å². The summed E-state index contributed by atoms with van der Waals surface area (Å²) in [4.78, 5) is 31.8. The second-order valence-corrected chi connectivity index (χ2v) is 24.6. The summed E-state index contributed by atoms with van der Waals surface area (Å²) in [6.07, 6.45) is 8.96. The fourth-order valence-corrected chi connectivity index (χ4v) is 16.0. The molecule has 6 heterocycles. The van der Waals surface area contributed by atoms with E-state index in [0.29, 0.717) is 67.4 Å². The third-order valence-corrected chi connectivity index (χ3v) is 19.3. The molecule has 3 aromatic rings. The van der Waals surface area contributed by atoms with Crippen molar-refractivity contribution in [1.29, 1.82) is 0 Å². The van der Waals surface area contributed by atoms with Crippen molar-refractivity contribution in [2.45, 2.75) is 122 Å². The first-order valence-electron chi connectivity index (χ1n) is 26.2. The number of likely N-dealkylation sites (N-methyl/N-ethyl adjacent to an activating group) is 3. The molecular weight excluding hydrogens is 1100 g/mol. The molecule has 3 saturated heterocycles. The number of carbonyl (C=O) groups excluding carboxylic acids is 2. The minimum atomic E-state index is -4.67. The number of hydrogen-bond donors (Lipinski definition) is 10. The largest absolute Gasteiger partial charge is 0.526 e. The fourth-order valence-electron chi connectivity index (χ4n) is 16.0. The predicted molar refractivity (Wildman–Crippen MR) is 283 cm³/mol. The van der Waals surface area contributed by atoms with E-state index in [2.05, 4.69) is 30.2 Å². The maximum absolute atomic E-state index is 12.6. The molecule has 12 N–H and O–H groups in total. The van der Waals surface area contributed by atoms with Crippen LogP contribution in [0.15, 0.2) is 83.6 Å². The SMILES string of the molecule is CN1CC[C@]23c4c5ccc(CO)c4O[C@H]2C(=O)C=C(O)[C@@]3(O)[C@H]1C5.CN1CC[C@]23c4c5ccc(CO)c4O[C@H]2C(=O)C=C(O)[C@@]3(O)[C@H]1C5.COC1=CC=C2[C@H]3Cc4ccc(CO)c5c4[C@@]2(CCN3C)[C@H]1O5.O=S(=O)(O)O.O=S(=O)(O)[OH2+]. The lowest BCUT2D eigenvalue weighted by molar-refractivity contribution is -0.167. The second kappa shape index (κ2) is 19.4. The van der Waals surface area contributed by atoms with Gasteiger partial charge in [-0.1, -0.05) is 42.5 Å². The van der Waals surface area contributed by atoms with Gasteiger partial charge in [0.2, 0.25) is 11.6 Å². The predicted octanol–water partition coefficient (Wildman–Crippen LogP) is 0.156. The average molecular weight is 1170 g/mol. The molecule has 81 heavy (non-hydrogen) atoms. The molecule has 3 spiro atoms. The van der Waals surface area contributed by atoms with Gasteiger partial charge in [0.15, 0.2) is 29.5 Å². The number of ether oxygens (including phenoxy) is 4. The Morgan fingerprint density at radius 1 is 0.605 bits per heavy atom. The first-order valence-corrected chi connectivity index (χ1v) is 29.1. The average Bonchev–Trinajstić information content (AvgIpc) is 1.74. The second-order valence-electron chi connectivity index (χ2n) is 22.7. The molecule has 0 saturated carbocycles. The lowest BCUT2D eigenvalue weighted by atomic mass is 9.50. The van der Waals surface area contributed by atoms with Crippen molar-refractivity contribution < 1.29 is 99.3 Å². The third-order valence-electron chi connectivity index (χ3n) is 19.3. The molecule has 15 rings (SSSR count). The van der Waals surface area contributed by atoms with Gasteiger partial charge in [-0.05, 0) is 108 Å². The molecule has 6 bridgehead atoms. The summed E-state index contributed by atoms with van der Waals surface area (Å²) >= 11 is 0. The maximum Gasteiger partial charge on any atom is 0.526 e. The van der Waals surface area contributed by atoms with Crippen LogP contribution >= 0.6 is 0 Å². The Hall–Kier alpha value is -5.82. The van der Waals surface area contributed by atoms with E-state index in [1.807, 2.05) is 54.2 Å². The fraction of sp³-hybridized carbons (Fsp3) is 0.491. The van der Waals surface area contributed by atoms with Gasteiger partial charge in [-0.3, -0.25) is 33.4 Å². The summed E-state index contributed by atoms with van der Waals surface area (Å²) in [6, 6.07) is 11.5. The van der Waals surface area contributed by atoms with Crippen molar-refractivity contribution in [2.24, 2.45) is 0 Å². The van der Waals surface area contributed by atoms with Gasteiger partial charge in [0.1, 0.15) is 34.5 Å². The van der Waals surface area contributed by atoms with Crippen LogP contribution in [0.25, 0.3) is 0 Å². The van der Waals surface area contributed by atoms with Crippen LogP contribution in [-0.2, 0) is 90.5 Å². The minimum Gasteiger partial charge on any atom is -0.509 e. The van der Waals surface area contributed by atoms with Crippen LogP contribution in [0.5, 0.6) is 17.2 Å². The Balaban J connectivity index is 0.000000118. The van der Waals surface area contributed by atoms with E-state index in [0.717, 1.165) is 70.9 Å². The van der Waals surface area contributed by atoms with Crippen LogP contribution in [0.1, 0.15) is 69.3 Å². The Kier molecular flexibility index (Phi) is 13.6. The van der Waals surface area contributed by atoms with Gasteiger partial charge in [0, 0.05) is 51.6 Å². The number of aliphatic hydroxyl groups is 7. The third kappa shape index (κ3) is 7.97. The molecule has 3 fully saturated rings. The molecule has 0 amide bonds. The Morgan fingerprint density at radius 3 is 1.40 bits per heavy atom. The van der Waals surface area contributed by atoms with Gasteiger partial charge < -0.3 is 59.2 Å². The van der Waals surface area contributed by atoms with Gasteiger partial charge in [-0.15, -0.1) is 8.42 Å². The molecule has 6 aliphatic carbocycles. The highest BCUT2D eigenvalue weighted by atomic mass is 32.3. The molecule has 11 atom stereocenters. The van der Waals surface area contributed by atoms with Crippen LogP contribution in [-0.4, -0.2) is 193 Å². The number of likely N-dealkylation sites (tertiary alicyclic amines) is 3. The summed E-state index contributed by atoms with van der Waals surface area (Å²) in [5.41, 5.74) is 4.74. The van der Waals surface area contributed by atoms with Crippen molar-refractivity contribution in [1.82, 2.24) is 14.7 Å². The summed E-state index contributed by atoms with van der Waals surface area (Å²) in [7, 11) is -1.29. The monoisotopic (exact) mass is 1170 g/mol. The zero-order valence-electron chi connectivity index (χ0n) is 44.4. The number of benzene rings is 3. The van der Waals surface area contributed by atoms with E-state index >= 15 is 0 Å². The number of nitrogens with zero attached hydrogens (tertiary/aromatic N) is 3. The minimum absolute atomic E-state index is 0.0137. The summed E-state index contributed by atoms with van der Waals surface area (Å²) < 4.78 is 86.0. The van der Waals surface area contributed by atoms with Gasteiger partial charge in [-0.2, -0.15) is 8.42 Å². The van der Waals surface area contributed by atoms with E-state index in [1.54, 1.807) is 7.11 Å². The molecule has 24 nitrogen and oxygen atoms in total. The highest BCUT2D eigenvalue weighted by Gasteiger charge is 2.76. The summed E-state index contributed by atoms with van der Waals surface area (Å²) in [5, 5.41) is 73.6. The normalized spacial score (nSPS) is 34.2. The molecule has 6 aliphatic heterocycles. The number of allylic oxidation sites excluding steroid dienone is 2. The molecule has 3 aromatic carbocycles. The molecule has 436 valence electrons. The highest BCUT2D eigenvalue weighted by molar-refractivity contribution is 7.80. The van der Waals surface area contributed by atoms with E-state index in [1.165, 1.54) is 16.7 Å². The van der Waals surface area contributed by atoms with E-state index < -0.39 is 55.0 Å². The van der Waals surface area contributed by atoms with Crippen LogP contribution in [0.2, 0.25) is 0 Å². The number of carbonyl (C=O) groups is 2. The van der Waals surface area contributed by atoms with E-state index in [-0.39, 0.29) is 66.5 Å². The topological polar surface area (TPSA) is 374 Å². The lowest BCUT2D eigenvalue weighted by Crippen LogP contribution is -2.76. The van der Waals surface area contributed by atoms with Crippen molar-refractivity contribution in [3.8, 4) is 17.2 Å². The zero-order chi connectivity index (χ0) is 58.5. The Bertz CT molecular complexity index is 3390. The standard InChI is InChI=1S/C19H21NO3.2C18H19NO5.2H2O4S/c1-20-8-7-19-13-5-6-15(22-2)18(19)23-17-12(10-21)4-3-11(16(17)19)9-14(13)20;2*1-19-5-4-17-14-9-2-3-10(8-20)15(14)24-16(17)11(21)7-13(22)18(17,23)12(19)6-9;2*1-5(2,3)4/h3-6,14,18,21H,7-10H2,1-2H3;2*2-3,7,12,16,20,22-23H,4-6,8H2,1H3;2*(H2,1,2,3,4)/p+1/t14-,18+,19+;2*12-,16+,17+,18+;;/m111../s1. The Labute approximate surface area is 465 Å². The summed E-state index contributed by atoms with van der Waals surface area (Å²) in [6.45, 7) is 2.09. The van der Waals surface area contributed by atoms with E-state index in [9.17, 15) is 45.3 Å². The van der Waals surface area contributed by atoms with Crippen LogP contribution < -0.4 is 14.2 Å². The summed E-state index contributed by atoms with van der Waals surface area (Å²) in [5.74, 6) is 1.63. The molecule has 12 aliphatic rings. The van der Waals surface area contributed by atoms with Crippen LogP contribution in [0.4, 0.5) is 0 Å². The zero-order valence-corrected chi connectivity index (χ0v) is 46.1. The number of rotatable bonds is 4. The quantitative estimate of drug-likeness (QED) is 0.123. The van der Waals surface area contributed by atoms with Crippen molar-refractivity contribution in [3.05, 3.63) is 134 Å². The van der Waals surface area contributed by atoms with Crippen molar-refractivity contribution >= 4 is 32.4 Å². The molecule has 0 unspecified atom stereocenters. The van der Waals surface area contributed by atoms with Crippen LogP contribution in [0.3, 0.4) is 0 Å². The molecule has 0 radical (unpaired) electrons. The first kappa shape index (κ1) is 57.0. The lowest BCUT2D eigenvalue weighted by Gasteiger charge is -2.60. The Morgan fingerprint density at radius 2 is 0.988 bits per heavy atom. The maximum atomic E-state index is 12.6. The number of methoxy groups -OCH3 is 1. The van der Waals surface area contributed by atoms with Crippen molar-refractivity contribution in [3.63, 3.8) is 0 Å². The van der Waals surface area contributed by atoms with Gasteiger partial charge in [0.25, 0.3) is 0 Å². The number of aliphatic hydroxyl groups excluding tert-OH is 5. The van der Waals surface area contributed by atoms with Gasteiger partial charge in [-0.25, -0.2) is 4.55 Å². The van der Waals surface area contributed by atoms with Crippen molar-refractivity contribution in [2.75, 3.05) is 47.9 Å². The molecular formula is C55H64N3O21S2+. The molecule has 0 aromatic heterocycles. The van der Waals surface area contributed by atoms with Crippen LogP contribution in [0, 0.1) is 0 Å². The number of ketones is 2. The van der Waals surface area contributed by atoms with E-state index in [4.69, 9.17) is 54.0 Å².